The SMILES string of the molecule is O[C@H]1CC2(CC2)OC12CC2. The van der Waals surface area contributed by atoms with Crippen molar-refractivity contribution in [3.05, 3.63) is 0 Å². The van der Waals surface area contributed by atoms with E-state index in [0.29, 0.717) is 0 Å². The Bertz CT molecular complexity index is 180. The standard InChI is InChI=1S/C8H12O2/c9-6-5-7(1-2-7)10-8(6)3-4-8/h6,9H,1-5H2/t6-/m0/s1. The summed E-state index contributed by atoms with van der Waals surface area (Å²) in [5.74, 6) is 0. The third-order valence-electron chi connectivity index (χ3n) is 3.14. The van der Waals surface area contributed by atoms with Crippen molar-refractivity contribution in [1.82, 2.24) is 0 Å². The highest BCUT2D eigenvalue weighted by molar-refractivity contribution is 5.16. The highest BCUT2D eigenvalue weighted by atomic mass is 16.6. The van der Waals surface area contributed by atoms with Gasteiger partial charge in [-0.2, -0.15) is 0 Å². The lowest BCUT2D eigenvalue weighted by molar-refractivity contribution is -0.0201. The second-order valence-corrected chi connectivity index (χ2v) is 4.07. The molecule has 3 rings (SSSR count). The van der Waals surface area contributed by atoms with E-state index in [-0.39, 0.29) is 17.3 Å². The molecule has 2 saturated carbocycles. The normalized spacial score (nSPS) is 44.7. The first-order valence-corrected chi connectivity index (χ1v) is 4.13. The number of ether oxygens (including phenoxy) is 1. The summed E-state index contributed by atoms with van der Waals surface area (Å²) in [6.45, 7) is 0. The third-order valence-corrected chi connectivity index (χ3v) is 3.14. The molecule has 2 heteroatoms. The molecule has 3 aliphatic rings. The van der Waals surface area contributed by atoms with Gasteiger partial charge < -0.3 is 9.84 Å². The number of aliphatic hydroxyl groups excluding tert-OH is 1. The van der Waals surface area contributed by atoms with E-state index in [1.807, 2.05) is 0 Å². The maximum atomic E-state index is 9.57. The smallest absolute Gasteiger partial charge is 0.0950 e. The molecule has 0 aromatic rings. The highest BCUT2D eigenvalue weighted by Crippen LogP contribution is 2.61. The Hall–Kier alpha value is -0.0800. The van der Waals surface area contributed by atoms with Gasteiger partial charge in [0.25, 0.3) is 0 Å². The third kappa shape index (κ3) is 0.523. The average Bonchev–Trinajstić information content (AvgIpc) is 2.69. The molecule has 0 amide bonds. The molecule has 1 aliphatic heterocycles. The molecule has 1 heterocycles. The summed E-state index contributed by atoms with van der Waals surface area (Å²) < 4.78 is 5.82. The van der Waals surface area contributed by atoms with Gasteiger partial charge in [0.1, 0.15) is 0 Å². The maximum Gasteiger partial charge on any atom is 0.0950 e. The van der Waals surface area contributed by atoms with E-state index in [1.165, 1.54) is 12.8 Å². The van der Waals surface area contributed by atoms with E-state index in [9.17, 15) is 5.11 Å². The number of rotatable bonds is 0. The minimum absolute atomic E-state index is 0.0451. The first kappa shape index (κ1) is 5.56. The lowest BCUT2D eigenvalue weighted by Crippen LogP contribution is -2.21. The summed E-state index contributed by atoms with van der Waals surface area (Å²) in [4.78, 5) is 0. The Morgan fingerprint density at radius 2 is 1.90 bits per heavy atom. The van der Waals surface area contributed by atoms with Gasteiger partial charge in [0.15, 0.2) is 0 Å². The van der Waals surface area contributed by atoms with Gasteiger partial charge in [-0.3, -0.25) is 0 Å². The Balaban J connectivity index is 1.89. The zero-order chi connectivity index (χ0) is 6.82. The van der Waals surface area contributed by atoms with Gasteiger partial charge in [0.05, 0.1) is 17.3 Å². The van der Waals surface area contributed by atoms with E-state index in [0.717, 1.165) is 19.3 Å². The van der Waals surface area contributed by atoms with Crippen LogP contribution in [0.5, 0.6) is 0 Å². The van der Waals surface area contributed by atoms with Gasteiger partial charge in [-0.25, -0.2) is 0 Å². The molecule has 1 atom stereocenters. The average molecular weight is 140 g/mol. The van der Waals surface area contributed by atoms with Crippen molar-refractivity contribution in [2.24, 2.45) is 0 Å². The summed E-state index contributed by atoms with van der Waals surface area (Å²) in [6.07, 6.45) is 5.33. The fraction of sp³-hybridized carbons (Fsp3) is 1.00. The molecule has 10 heavy (non-hydrogen) atoms. The second kappa shape index (κ2) is 1.28. The fourth-order valence-electron chi connectivity index (χ4n) is 2.08. The Labute approximate surface area is 60.2 Å². The minimum Gasteiger partial charge on any atom is -0.390 e. The molecule has 3 fully saturated rings. The van der Waals surface area contributed by atoms with Crippen molar-refractivity contribution in [3.8, 4) is 0 Å². The molecule has 0 bridgehead atoms. The quantitative estimate of drug-likeness (QED) is 0.540. The monoisotopic (exact) mass is 140 g/mol. The zero-order valence-corrected chi connectivity index (χ0v) is 5.97. The van der Waals surface area contributed by atoms with Crippen LogP contribution in [0.2, 0.25) is 0 Å². The number of aliphatic hydroxyl groups is 1. The van der Waals surface area contributed by atoms with E-state index in [1.54, 1.807) is 0 Å². The van der Waals surface area contributed by atoms with Crippen molar-refractivity contribution in [2.75, 3.05) is 0 Å². The number of hydrogen-bond donors (Lipinski definition) is 1. The molecule has 1 N–H and O–H groups in total. The molecule has 0 aromatic heterocycles. The van der Waals surface area contributed by atoms with Crippen LogP contribution in [0.15, 0.2) is 0 Å². The van der Waals surface area contributed by atoms with Crippen LogP contribution in [0.3, 0.4) is 0 Å². The van der Waals surface area contributed by atoms with Crippen LogP contribution >= 0.6 is 0 Å². The van der Waals surface area contributed by atoms with Crippen LogP contribution in [-0.4, -0.2) is 22.4 Å². The van der Waals surface area contributed by atoms with Crippen molar-refractivity contribution in [2.45, 2.75) is 49.4 Å². The predicted octanol–water partition coefficient (Wildman–Crippen LogP) is 0.833. The summed E-state index contributed by atoms with van der Waals surface area (Å²) in [6, 6.07) is 0. The Morgan fingerprint density at radius 1 is 1.20 bits per heavy atom. The lowest BCUT2D eigenvalue weighted by atomic mass is 10.1. The summed E-state index contributed by atoms with van der Waals surface area (Å²) >= 11 is 0. The van der Waals surface area contributed by atoms with Crippen molar-refractivity contribution >= 4 is 0 Å². The second-order valence-electron chi connectivity index (χ2n) is 4.07. The lowest BCUT2D eigenvalue weighted by Gasteiger charge is -2.10. The first-order valence-electron chi connectivity index (χ1n) is 4.13. The largest absolute Gasteiger partial charge is 0.390 e. The van der Waals surface area contributed by atoms with E-state index < -0.39 is 0 Å². The van der Waals surface area contributed by atoms with E-state index in [2.05, 4.69) is 0 Å². The minimum atomic E-state index is -0.144. The summed E-state index contributed by atoms with van der Waals surface area (Å²) in [5.41, 5.74) is 0.117. The number of hydrogen-bond acceptors (Lipinski definition) is 2. The predicted molar refractivity (Wildman–Crippen MR) is 35.6 cm³/mol. The van der Waals surface area contributed by atoms with Gasteiger partial charge in [-0.1, -0.05) is 0 Å². The van der Waals surface area contributed by atoms with Gasteiger partial charge in [0, 0.05) is 6.42 Å². The van der Waals surface area contributed by atoms with Crippen LogP contribution < -0.4 is 0 Å². The Kier molecular flexibility index (Phi) is 0.710. The van der Waals surface area contributed by atoms with Crippen LogP contribution in [0, 0.1) is 0 Å². The molecule has 56 valence electrons. The van der Waals surface area contributed by atoms with Crippen LogP contribution in [-0.2, 0) is 4.74 Å². The molecule has 2 aliphatic carbocycles. The van der Waals surface area contributed by atoms with E-state index in [4.69, 9.17) is 4.74 Å². The van der Waals surface area contributed by atoms with Crippen LogP contribution in [0.25, 0.3) is 0 Å². The van der Waals surface area contributed by atoms with Crippen molar-refractivity contribution < 1.29 is 9.84 Å². The summed E-state index contributed by atoms with van der Waals surface area (Å²) in [7, 11) is 0. The summed E-state index contributed by atoms with van der Waals surface area (Å²) in [5, 5.41) is 9.57. The maximum absolute atomic E-state index is 9.57. The van der Waals surface area contributed by atoms with Gasteiger partial charge >= 0.3 is 0 Å². The first-order chi connectivity index (χ1) is 4.75. The Morgan fingerprint density at radius 3 is 2.20 bits per heavy atom. The highest BCUT2D eigenvalue weighted by Gasteiger charge is 2.65. The zero-order valence-electron chi connectivity index (χ0n) is 5.97. The molecular formula is C8H12O2. The van der Waals surface area contributed by atoms with Gasteiger partial charge in [-0.15, -0.1) is 0 Å². The topological polar surface area (TPSA) is 29.5 Å². The van der Waals surface area contributed by atoms with Gasteiger partial charge in [-0.05, 0) is 25.7 Å². The van der Waals surface area contributed by atoms with Crippen LogP contribution in [0.4, 0.5) is 0 Å². The van der Waals surface area contributed by atoms with E-state index >= 15 is 0 Å². The molecular weight excluding hydrogens is 128 g/mol. The molecule has 2 spiro atoms. The molecule has 2 nitrogen and oxygen atoms in total. The van der Waals surface area contributed by atoms with Crippen molar-refractivity contribution in [1.29, 1.82) is 0 Å². The fourth-order valence-corrected chi connectivity index (χ4v) is 2.08. The van der Waals surface area contributed by atoms with Gasteiger partial charge in [0.2, 0.25) is 0 Å². The van der Waals surface area contributed by atoms with Crippen molar-refractivity contribution in [3.63, 3.8) is 0 Å². The molecule has 0 radical (unpaired) electrons. The van der Waals surface area contributed by atoms with Crippen LogP contribution in [0.1, 0.15) is 32.1 Å². The molecule has 0 aromatic carbocycles. The molecule has 0 unspecified atom stereocenters. The molecule has 1 saturated heterocycles.